The van der Waals surface area contributed by atoms with E-state index in [9.17, 15) is 0 Å². The molecule has 0 aromatic carbocycles. The van der Waals surface area contributed by atoms with Gasteiger partial charge in [-0.1, -0.05) is 45.4 Å². The average Bonchev–Trinajstić information content (AvgIpc) is 2.13. The Hall–Kier alpha value is 1.21. The lowest BCUT2D eigenvalue weighted by atomic mass is 10.4. The molecular formula is C5H8BrI. The predicted octanol–water partition coefficient (Wildman–Crippen LogP) is 2.59. The molecule has 42 valence electrons. The van der Waals surface area contributed by atoms with Crippen molar-refractivity contribution in [2.75, 3.05) is 5.33 Å². The molecule has 2 heteroatoms. The second-order valence-electron chi connectivity index (χ2n) is 2.33. The summed E-state index contributed by atoms with van der Waals surface area (Å²) in [5, 5.41) is 1.19. The first-order chi connectivity index (χ1) is 3.17. The lowest BCUT2D eigenvalue weighted by Gasteiger charge is -1.92. The molecule has 0 aromatic heterocycles. The Bertz CT molecular complexity index is 80.1. The zero-order valence-corrected chi connectivity index (χ0v) is 7.99. The number of rotatable bonds is 1. The minimum Gasteiger partial charge on any atom is -0.0925 e. The Balaban J connectivity index is 2.30. The van der Waals surface area contributed by atoms with Gasteiger partial charge in [-0.05, 0) is 12.3 Å². The minimum absolute atomic E-state index is 0.640. The van der Waals surface area contributed by atoms with Gasteiger partial charge in [-0.3, -0.25) is 0 Å². The van der Waals surface area contributed by atoms with Crippen LogP contribution in [-0.2, 0) is 0 Å². The number of halogens is 2. The van der Waals surface area contributed by atoms with E-state index >= 15 is 0 Å². The van der Waals surface area contributed by atoms with Gasteiger partial charge < -0.3 is 0 Å². The lowest BCUT2D eigenvalue weighted by molar-refractivity contribution is 0.924. The summed E-state index contributed by atoms with van der Waals surface area (Å²) in [6, 6.07) is 0. The van der Waals surface area contributed by atoms with E-state index in [-0.39, 0.29) is 0 Å². The van der Waals surface area contributed by atoms with Gasteiger partial charge in [0.2, 0.25) is 0 Å². The quantitative estimate of drug-likeness (QED) is 0.509. The van der Waals surface area contributed by atoms with Gasteiger partial charge in [0.1, 0.15) is 0 Å². The minimum atomic E-state index is 0.640. The third-order valence-corrected chi connectivity index (χ3v) is 3.63. The van der Waals surface area contributed by atoms with E-state index in [1.165, 1.54) is 11.8 Å². The van der Waals surface area contributed by atoms with Crippen LogP contribution in [0.15, 0.2) is 0 Å². The Labute approximate surface area is 66.3 Å². The van der Waals surface area contributed by atoms with Crippen LogP contribution < -0.4 is 0 Å². The predicted molar refractivity (Wildman–Crippen MR) is 44.3 cm³/mol. The Morgan fingerprint density at radius 2 is 2.43 bits per heavy atom. The van der Waals surface area contributed by atoms with Crippen LogP contribution >= 0.6 is 38.5 Å². The summed E-state index contributed by atoms with van der Waals surface area (Å²) in [4.78, 5) is 0. The fourth-order valence-electron chi connectivity index (χ4n) is 0.638. The molecule has 0 aromatic rings. The first-order valence-electron chi connectivity index (χ1n) is 2.41. The monoisotopic (exact) mass is 274 g/mol. The molecule has 1 rings (SSSR count). The van der Waals surface area contributed by atoms with Crippen molar-refractivity contribution in [3.63, 3.8) is 0 Å². The Morgan fingerprint density at radius 3 is 2.43 bits per heavy atom. The summed E-state index contributed by atoms with van der Waals surface area (Å²) in [6.45, 7) is 2.31. The van der Waals surface area contributed by atoms with E-state index in [0.717, 1.165) is 5.92 Å². The van der Waals surface area contributed by atoms with Crippen molar-refractivity contribution in [1.29, 1.82) is 0 Å². The van der Waals surface area contributed by atoms with Gasteiger partial charge in [0.05, 0.1) is 0 Å². The largest absolute Gasteiger partial charge is 0.0925 e. The zero-order valence-electron chi connectivity index (χ0n) is 4.25. The van der Waals surface area contributed by atoms with Crippen LogP contribution in [0, 0.1) is 5.92 Å². The van der Waals surface area contributed by atoms with Crippen molar-refractivity contribution in [3.05, 3.63) is 0 Å². The van der Waals surface area contributed by atoms with Gasteiger partial charge in [0.15, 0.2) is 0 Å². The Morgan fingerprint density at radius 1 is 2.00 bits per heavy atom. The van der Waals surface area contributed by atoms with Crippen molar-refractivity contribution in [2.24, 2.45) is 5.92 Å². The van der Waals surface area contributed by atoms with Crippen molar-refractivity contribution in [1.82, 2.24) is 0 Å². The maximum Gasteiger partial charge on any atom is 0.0234 e. The molecule has 0 N–H and O–H groups in total. The molecule has 0 spiro atoms. The fourth-order valence-corrected chi connectivity index (χ4v) is 2.94. The molecule has 1 aliphatic rings. The summed E-state index contributed by atoms with van der Waals surface area (Å²) >= 11 is 5.97. The molecule has 7 heavy (non-hydrogen) atoms. The van der Waals surface area contributed by atoms with Gasteiger partial charge >= 0.3 is 0 Å². The highest BCUT2D eigenvalue weighted by Gasteiger charge is 2.46. The van der Waals surface area contributed by atoms with E-state index < -0.39 is 0 Å². The summed E-state index contributed by atoms with van der Waals surface area (Å²) in [5.74, 6) is 0.952. The number of hydrogen-bond donors (Lipinski definition) is 0. The molecule has 0 heterocycles. The summed E-state index contributed by atoms with van der Waals surface area (Å²) in [5.41, 5.74) is 0. The molecule has 2 atom stereocenters. The van der Waals surface area contributed by atoms with Crippen LogP contribution in [0.3, 0.4) is 0 Å². The molecule has 2 unspecified atom stereocenters. The van der Waals surface area contributed by atoms with E-state index in [1.54, 1.807) is 0 Å². The first-order valence-corrected chi connectivity index (χ1v) is 4.62. The van der Waals surface area contributed by atoms with Crippen molar-refractivity contribution < 1.29 is 0 Å². The van der Waals surface area contributed by atoms with Crippen molar-refractivity contribution in [2.45, 2.75) is 16.8 Å². The maximum absolute atomic E-state index is 3.45. The summed E-state index contributed by atoms with van der Waals surface area (Å²) in [6.07, 6.45) is 1.40. The van der Waals surface area contributed by atoms with Gasteiger partial charge in [0, 0.05) is 8.75 Å². The third-order valence-electron chi connectivity index (χ3n) is 1.52. The van der Waals surface area contributed by atoms with Gasteiger partial charge in [0.25, 0.3) is 0 Å². The molecule has 1 fully saturated rings. The second kappa shape index (κ2) is 1.87. The Kier molecular flexibility index (Phi) is 1.69. The van der Waals surface area contributed by atoms with Crippen molar-refractivity contribution in [3.8, 4) is 0 Å². The molecule has 0 saturated heterocycles. The normalized spacial score (nSPS) is 49.3. The second-order valence-corrected chi connectivity index (χ2v) is 5.45. The smallest absolute Gasteiger partial charge is 0.0234 e. The number of alkyl halides is 2. The standard InChI is InChI=1S/C5H8BrI/c1-5(7)2-4(5)3-6/h4H,2-3H2,1H3. The highest BCUT2D eigenvalue weighted by molar-refractivity contribution is 14.1. The molecule has 0 radical (unpaired) electrons. The van der Waals surface area contributed by atoms with Gasteiger partial charge in [-0.2, -0.15) is 0 Å². The van der Waals surface area contributed by atoms with E-state index in [1.807, 2.05) is 0 Å². The van der Waals surface area contributed by atoms with E-state index in [0.29, 0.717) is 3.42 Å². The average molecular weight is 275 g/mol. The summed E-state index contributed by atoms with van der Waals surface area (Å²) in [7, 11) is 0. The lowest BCUT2D eigenvalue weighted by Crippen LogP contribution is -1.92. The summed E-state index contributed by atoms with van der Waals surface area (Å²) < 4.78 is 0.640. The SMILES string of the molecule is CC1(I)CC1CBr. The molecule has 1 saturated carbocycles. The van der Waals surface area contributed by atoms with Crippen LogP contribution in [0.2, 0.25) is 0 Å². The molecule has 0 amide bonds. The number of hydrogen-bond acceptors (Lipinski definition) is 0. The third kappa shape index (κ3) is 1.31. The maximum atomic E-state index is 3.45. The zero-order chi connectivity index (χ0) is 5.49. The van der Waals surface area contributed by atoms with Crippen LogP contribution in [0.1, 0.15) is 13.3 Å². The molecule has 1 aliphatic carbocycles. The van der Waals surface area contributed by atoms with Crippen LogP contribution in [-0.4, -0.2) is 8.75 Å². The van der Waals surface area contributed by atoms with Crippen molar-refractivity contribution >= 4 is 38.5 Å². The van der Waals surface area contributed by atoms with Crippen LogP contribution in [0.5, 0.6) is 0 Å². The van der Waals surface area contributed by atoms with Crippen LogP contribution in [0.25, 0.3) is 0 Å². The van der Waals surface area contributed by atoms with Gasteiger partial charge in [-0.25, -0.2) is 0 Å². The molecule has 0 nitrogen and oxygen atoms in total. The fraction of sp³-hybridized carbons (Fsp3) is 1.00. The van der Waals surface area contributed by atoms with E-state index in [4.69, 9.17) is 0 Å². The topological polar surface area (TPSA) is 0 Å². The highest BCUT2D eigenvalue weighted by atomic mass is 127. The van der Waals surface area contributed by atoms with E-state index in [2.05, 4.69) is 45.4 Å². The molecule has 0 bridgehead atoms. The van der Waals surface area contributed by atoms with Crippen LogP contribution in [0.4, 0.5) is 0 Å². The highest BCUT2D eigenvalue weighted by Crippen LogP contribution is 2.51. The van der Waals surface area contributed by atoms with Gasteiger partial charge in [-0.15, -0.1) is 0 Å². The molecular weight excluding hydrogens is 267 g/mol. The first kappa shape index (κ1) is 6.33. The molecule has 0 aliphatic heterocycles.